The molecule has 0 saturated heterocycles. The Morgan fingerprint density at radius 2 is 1.79 bits per heavy atom. The Balaban J connectivity index is 1.45. The summed E-state index contributed by atoms with van der Waals surface area (Å²) in [7, 11) is 1.62. The summed E-state index contributed by atoms with van der Waals surface area (Å²) in [5.41, 5.74) is 2.35. The van der Waals surface area contributed by atoms with E-state index in [0.29, 0.717) is 28.1 Å². The highest BCUT2D eigenvalue weighted by molar-refractivity contribution is 7.98. The van der Waals surface area contributed by atoms with E-state index < -0.39 is 0 Å². The van der Waals surface area contributed by atoms with Crippen LogP contribution in [-0.2, 0) is 5.75 Å². The zero-order valence-electron chi connectivity index (χ0n) is 14.9. The van der Waals surface area contributed by atoms with Crippen LogP contribution in [0, 0.1) is 5.82 Å². The average molecular weight is 397 g/mol. The van der Waals surface area contributed by atoms with Gasteiger partial charge >= 0.3 is 0 Å². The van der Waals surface area contributed by atoms with Crippen LogP contribution in [0.25, 0.3) is 22.6 Å². The van der Waals surface area contributed by atoms with E-state index in [4.69, 9.17) is 15.1 Å². The highest BCUT2D eigenvalue weighted by Crippen LogP contribution is 2.27. The Labute approximate surface area is 164 Å². The number of ether oxygens (including phenoxy) is 1. The third-order valence-corrected chi connectivity index (χ3v) is 5.02. The van der Waals surface area contributed by atoms with Crippen LogP contribution in [0.2, 0.25) is 0 Å². The fraction of sp³-hybridized carbons (Fsp3) is 0.105. The molecule has 0 saturated carbocycles. The Kier molecular flexibility index (Phi) is 4.98. The Hall–Kier alpha value is -3.33. The number of hydrogen-bond acceptors (Lipinski definition) is 7. The SMILES string of the molecule is COc1ccc(-c2cc(CSc3nnc(-c4ccc(F)cc4)n3N)on2)cc1. The predicted octanol–water partition coefficient (Wildman–Crippen LogP) is 3.75. The summed E-state index contributed by atoms with van der Waals surface area (Å²) in [6.45, 7) is 0. The van der Waals surface area contributed by atoms with Crippen molar-refractivity contribution in [3.8, 4) is 28.4 Å². The van der Waals surface area contributed by atoms with Crippen LogP contribution in [0.1, 0.15) is 5.76 Å². The van der Waals surface area contributed by atoms with Crippen molar-refractivity contribution in [1.29, 1.82) is 0 Å². The molecule has 0 amide bonds. The number of aromatic nitrogens is 4. The first-order valence-electron chi connectivity index (χ1n) is 8.33. The van der Waals surface area contributed by atoms with Gasteiger partial charge < -0.3 is 15.1 Å². The average Bonchev–Trinajstić information content (AvgIpc) is 3.34. The van der Waals surface area contributed by atoms with Crippen molar-refractivity contribution in [3.63, 3.8) is 0 Å². The maximum Gasteiger partial charge on any atom is 0.210 e. The van der Waals surface area contributed by atoms with Crippen molar-refractivity contribution in [3.05, 3.63) is 66.2 Å². The highest BCUT2D eigenvalue weighted by Gasteiger charge is 2.14. The monoisotopic (exact) mass is 397 g/mol. The van der Waals surface area contributed by atoms with Crippen LogP contribution >= 0.6 is 11.8 Å². The molecule has 0 unspecified atom stereocenters. The van der Waals surface area contributed by atoms with Crippen molar-refractivity contribution < 1.29 is 13.7 Å². The summed E-state index contributed by atoms with van der Waals surface area (Å²) in [4.78, 5) is 0. The van der Waals surface area contributed by atoms with E-state index in [1.165, 1.54) is 28.6 Å². The van der Waals surface area contributed by atoms with E-state index in [9.17, 15) is 4.39 Å². The summed E-state index contributed by atoms with van der Waals surface area (Å²) in [6.07, 6.45) is 0. The number of nitrogens with zero attached hydrogens (tertiary/aromatic N) is 4. The molecule has 0 aliphatic carbocycles. The van der Waals surface area contributed by atoms with E-state index in [2.05, 4.69) is 15.4 Å². The minimum Gasteiger partial charge on any atom is -0.497 e. The summed E-state index contributed by atoms with van der Waals surface area (Å²) in [5, 5.41) is 12.8. The largest absolute Gasteiger partial charge is 0.497 e. The van der Waals surface area contributed by atoms with E-state index in [-0.39, 0.29) is 5.82 Å². The minimum absolute atomic E-state index is 0.320. The lowest BCUT2D eigenvalue weighted by Gasteiger charge is -2.02. The van der Waals surface area contributed by atoms with Crippen molar-refractivity contribution in [2.24, 2.45) is 0 Å². The fourth-order valence-electron chi connectivity index (χ4n) is 2.59. The third kappa shape index (κ3) is 3.70. The van der Waals surface area contributed by atoms with E-state index in [1.807, 2.05) is 30.3 Å². The molecule has 0 fully saturated rings. The molecule has 4 rings (SSSR count). The van der Waals surface area contributed by atoms with Gasteiger partial charge in [0.15, 0.2) is 5.82 Å². The molecule has 0 aliphatic heterocycles. The normalized spacial score (nSPS) is 10.9. The number of nitrogen functional groups attached to an aromatic ring is 1. The topological polar surface area (TPSA) is 92.0 Å². The van der Waals surface area contributed by atoms with Crippen LogP contribution in [0.3, 0.4) is 0 Å². The van der Waals surface area contributed by atoms with Gasteiger partial charge in [-0.15, -0.1) is 10.2 Å². The van der Waals surface area contributed by atoms with E-state index >= 15 is 0 Å². The number of benzene rings is 2. The van der Waals surface area contributed by atoms with Crippen molar-refractivity contribution >= 4 is 11.8 Å². The summed E-state index contributed by atoms with van der Waals surface area (Å²) in [5.74, 6) is 8.17. The number of halogens is 1. The van der Waals surface area contributed by atoms with E-state index in [0.717, 1.165) is 17.0 Å². The van der Waals surface area contributed by atoms with Gasteiger partial charge in [-0.3, -0.25) is 0 Å². The molecule has 0 radical (unpaired) electrons. The molecular weight excluding hydrogens is 381 g/mol. The lowest BCUT2D eigenvalue weighted by atomic mass is 10.1. The number of rotatable bonds is 6. The van der Waals surface area contributed by atoms with Gasteiger partial charge in [-0.2, -0.15) is 0 Å². The first-order chi connectivity index (χ1) is 13.6. The van der Waals surface area contributed by atoms with Crippen molar-refractivity contribution in [2.75, 3.05) is 13.0 Å². The van der Waals surface area contributed by atoms with Gasteiger partial charge in [0.25, 0.3) is 0 Å². The van der Waals surface area contributed by atoms with Crippen LogP contribution < -0.4 is 10.6 Å². The molecule has 0 spiro atoms. The minimum atomic E-state index is -0.320. The Morgan fingerprint density at radius 1 is 1.07 bits per heavy atom. The molecule has 2 heterocycles. The van der Waals surface area contributed by atoms with Crippen LogP contribution in [0.4, 0.5) is 4.39 Å². The Morgan fingerprint density at radius 3 is 2.50 bits per heavy atom. The maximum atomic E-state index is 13.1. The number of nitrogens with two attached hydrogens (primary N) is 1. The zero-order chi connectivity index (χ0) is 19.5. The molecular formula is C19H16FN5O2S. The van der Waals surface area contributed by atoms with Gasteiger partial charge in [-0.05, 0) is 48.5 Å². The lowest BCUT2D eigenvalue weighted by Crippen LogP contribution is -2.11. The first kappa shape index (κ1) is 18.1. The van der Waals surface area contributed by atoms with Gasteiger partial charge in [0, 0.05) is 17.2 Å². The standard InChI is InChI=1S/C19H16FN5O2S/c1-26-15-8-4-12(5-9-15)17-10-16(27-24-17)11-28-19-23-22-18(25(19)21)13-2-6-14(20)7-3-13/h2-10H,11,21H2,1H3. The summed E-state index contributed by atoms with van der Waals surface area (Å²) < 4.78 is 25.0. The number of methoxy groups -OCH3 is 1. The van der Waals surface area contributed by atoms with Crippen molar-refractivity contribution in [2.45, 2.75) is 10.9 Å². The molecule has 0 atom stereocenters. The maximum absolute atomic E-state index is 13.1. The first-order valence-corrected chi connectivity index (χ1v) is 9.32. The fourth-order valence-corrected chi connectivity index (χ4v) is 3.32. The van der Waals surface area contributed by atoms with Gasteiger partial charge in [0.1, 0.15) is 23.0 Å². The molecule has 0 aliphatic rings. The molecule has 142 valence electrons. The molecule has 0 bridgehead atoms. The van der Waals surface area contributed by atoms with Gasteiger partial charge in [0.2, 0.25) is 5.16 Å². The van der Waals surface area contributed by atoms with Crippen LogP contribution in [-0.4, -0.2) is 27.1 Å². The van der Waals surface area contributed by atoms with Crippen LogP contribution in [0.5, 0.6) is 5.75 Å². The molecule has 2 aromatic carbocycles. The molecule has 2 N–H and O–H groups in total. The zero-order valence-corrected chi connectivity index (χ0v) is 15.7. The second-order valence-corrected chi connectivity index (χ2v) is 6.82. The quantitative estimate of drug-likeness (QED) is 0.391. The number of hydrogen-bond donors (Lipinski definition) is 1. The molecule has 2 aromatic heterocycles. The van der Waals surface area contributed by atoms with Gasteiger partial charge in [0.05, 0.1) is 12.9 Å². The second kappa shape index (κ2) is 7.73. The second-order valence-electron chi connectivity index (χ2n) is 5.88. The Bertz CT molecular complexity index is 1080. The number of thioether (sulfide) groups is 1. The molecule has 28 heavy (non-hydrogen) atoms. The lowest BCUT2D eigenvalue weighted by molar-refractivity contribution is 0.397. The third-order valence-electron chi connectivity index (χ3n) is 4.06. The van der Waals surface area contributed by atoms with Gasteiger partial charge in [-0.1, -0.05) is 16.9 Å². The summed E-state index contributed by atoms with van der Waals surface area (Å²) >= 11 is 1.37. The van der Waals surface area contributed by atoms with Crippen LogP contribution in [0.15, 0.2) is 64.3 Å². The van der Waals surface area contributed by atoms with Gasteiger partial charge in [-0.25, -0.2) is 9.07 Å². The predicted molar refractivity (Wildman–Crippen MR) is 104 cm³/mol. The molecule has 7 nitrogen and oxygen atoms in total. The molecule has 9 heteroatoms. The summed E-state index contributed by atoms with van der Waals surface area (Å²) in [6, 6.07) is 15.4. The van der Waals surface area contributed by atoms with Crippen molar-refractivity contribution in [1.82, 2.24) is 20.0 Å². The highest BCUT2D eigenvalue weighted by atomic mass is 32.2. The van der Waals surface area contributed by atoms with E-state index in [1.54, 1.807) is 19.2 Å². The smallest absolute Gasteiger partial charge is 0.210 e. The molecule has 4 aromatic rings.